The summed E-state index contributed by atoms with van der Waals surface area (Å²) in [6.07, 6.45) is 3.56. The van der Waals surface area contributed by atoms with Crippen molar-refractivity contribution in [3.05, 3.63) is 63.7 Å². The van der Waals surface area contributed by atoms with Crippen LogP contribution in [0.5, 0.6) is 0 Å². The lowest BCUT2D eigenvalue weighted by molar-refractivity contribution is 0.0934. The second-order valence-corrected chi connectivity index (χ2v) is 7.73. The number of fused-ring (bicyclic) bond motifs is 1. The number of hydrogen-bond donors (Lipinski definition) is 3. The van der Waals surface area contributed by atoms with Crippen molar-refractivity contribution >= 4 is 16.8 Å². The number of methoxy groups -OCH3 is 1. The fourth-order valence-electron chi connectivity index (χ4n) is 4.14. The number of H-pyrrole nitrogens is 2. The van der Waals surface area contributed by atoms with Crippen molar-refractivity contribution in [2.24, 2.45) is 0 Å². The average molecular weight is 409 g/mol. The highest BCUT2D eigenvalue weighted by molar-refractivity contribution is 5.95. The molecule has 1 aliphatic heterocycles. The van der Waals surface area contributed by atoms with Gasteiger partial charge in [0.25, 0.3) is 11.5 Å². The first-order chi connectivity index (χ1) is 14.7. The highest BCUT2D eigenvalue weighted by Gasteiger charge is 2.27. The monoisotopic (exact) mass is 409 g/mol. The summed E-state index contributed by atoms with van der Waals surface area (Å²) >= 11 is 0. The van der Waals surface area contributed by atoms with E-state index in [4.69, 9.17) is 4.74 Å². The Morgan fingerprint density at radius 1 is 1.37 bits per heavy atom. The Morgan fingerprint density at radius 3 is 3.10 bits per heavy atom. The van der Waals surface area contributed by atoms with E-state index in [0.717, 1.165) is 48.1 Å². The highest BCUT2D eigenvalue weighted by atomic mass is 16.5. The van der Waals surface area contributed by atoms with E-state index in [-0.39, 0.29) is 17.4 Å². The van der Waals surface area contributed by atoms with Crippen LogP contribution in [0.3, 0.4) is 0 Å². The minimum Gasteiger partial charge on any atom is -0.383 e. The number of pyridine rings is 1. The average Bonchev–Trinajstić information content (AvgIpc) is 3.25. The molecule has 1 saturated heterocycles. The third kappa shape index (κ3) is 4.44. The summed E-state index contributed by atoms with van der Waals surface area (Å²) in [7, 11) is 1.60. The molecule has 2 aromatic heterocycles. The lowest BCUT2D eigenvalue weighted by Crippen LogP contribution is -2.36. The maximum absolute atomic E-state index is 12.5. The Balaban J connectivity index is 1.47. The molecule has 4 rings (SSSR count). The van der Waals surface area contributed by atoms with Crippen molar-refractivity contribution < 1.29 is 9.53 Å². The normalized spacial score (nSPS) is 17.3. The molecule has 3 aromatic rings. The van der Waals surface area contributed by atoms with Crippen LogP contribution in [0.25, 0.3) is 10.9 Å². The standard InChI is InChI=1S/C22H27N5O3/c1-30-10-8-23-22(29)18-12-24-26-20(18)16-6-4-9-27(13-16)14-17-11-15-5-2-3-7-19(15)25-21(17)28/h2-3,5,7,11-12,16H,4,6,8-10,13-14H2,1H3,(H,23,29)(H,24,26)(H,25,28)/t16-/m1/s1. The molecule has 3 heterocycles. The molecule has 158 valence electrons. The first-order valence-corrected chi connectivity index (χ1v) is 10.3. The lowest BCUT2D eigenvalue weighted by atomic mass is 9.92. The van der Waals surface area contributed by atoms with Gasteiger partial charge in [0.1, 0.15) is 0 Å². The molecule has 1 atom stereocenters. The molecule has 0 unspecified atom stereocenters. The third-order valence-corrected chi connectivity index (χ3v) is 5.64. The number of aromatic nitrogens is 3. The van der Waals surface area contributed by atoms with E-state index in [1.807, 2.05) is 30.3 Å². The van der Waals surface area contributed by atoms with Crippen LogP contribution in [0.15, 0.2) is 41.3 Å². The number of carbonyl (C=O) groups excluding carboxylic acids is 1. The van der Waals surface area contributed by atoms with Crippen molar-refractivity contribution in [3.8, 4) is 0 Å². The molecular formula is C22H27N5O3. The summed E-state index contributed by atoms with van der Waals surface area (Å²) < 4.78 is 4.99. The zero-order valence-electron chi connectivity index (χ0n) is 17.1. The molecule has 1 fully saturated rings. The number of amides is 1. The number of nitrogens with zero attached hydrogens (tertiary/aromatic N) is 2. The number of benzene rings is 1. The van der Waals surface area contributed by atoms with Gasteiger partial charge < -0.3 is 15.0 Å². The van der Waals surface area contributed by atoms with Gasteiger partial charge in [0, 0.05) is 43.7 Å². The number of rotatable bonds is 7. The van der Waals surface area contributed by atoms with Crippen molar-refractivity contribution in [3.63, 3.8) is 0 Å². The molecule has 0 saturated carbocycles. The Labute approximate surface area is 174 Å². The SMILES string of the molecule is COCCNC(=O)c1cn[nH]c1[C@@H]1CCCN(Cc2cc3ccccc3[nH]c2=O)C1. The third-order valence-electron chi connectivity index (χ3n) is 5.64. The van der Waals surface area contributed by atoms with Crippen molar-refractivity contribution in [1.29, 1.82) is 0 Å². The number of carbonyl (C=O) groups is 1. The van der Waals surface area contributed by atoms with Gasteiger partial charge in [0.2, 0.25) is 0 Å². The van der Waals surface area contributed by atoms with Gasteiger partial charge >= 0.3 is 0 Å². The Morgan fingerprint density at radius 2 is 2.23 bits per heavy atom. The number of ether oxygens (including phenoxy) is 1. The molecular weight excluding hydrogens is 382 g/mol. The van der Waals surface area contributed by atoms with Gasteiger partial charge in [-0.05, 0) is 36.9 Å². The highest BCUT2D eigenvalue weighted by Crippen LogP contribution is 2.28. The van der Waals surface area contributed by atoms with Crippen LogP contribution < -0.4 is 10.9 Å². The molecule has 3 N–H and O–H groups in total. The topological polar surface area (TPSA) is 103 Å². The van der Waals surface area contributed by atoms with Gasteiger partial charge in [-0.3, -0.25) is 19.6 Å². The van der Waals surface area contributed by atoms with Crippen LogP contribution in [0, 0.1) is 0 Å². The smallest absolute Gasteiger partial charge is 0.254 e. The fraction of sp³-hybridized carbons (Fsp3) is 0.409. The zero-order chi connectivity index (χ0) is 20.9. The van der Waals surface area contributed by atoms with Crippen molar-refractivity contribution in [1.82, 2.24) is 25.4 Å². The largest absolute Gasteiger partial charge is 0.383 e. The van der Waals surface area contributed by atoms with Crippen LogP contribution in [0.2, 0.25) is 0 Å². The Bertz CT molecular complexity index is 1070. The summed E-state index contributed by atoms with van der Waals surface area (Å²) in [6.45, 7) is 3.21. The number of likely N-dealkylation sites (tertiary alicyclic amines) is 1. The van der Waals surface area contributed by atoms with Gasteiger partial charge in [-0.25, -0.2) is 0 Å². The van der Waals surface area contributed by atoms with E-state index in [0.29, 0.717) is 25.3 Å². The first kappa shape index (κ1) is 20.3. The van der Waals surface area contributed by atoms with Gasteiger partial charge in [-0.1, -0.05) is 18.2 Å². The van der Waals surface area contributed by atoms with Gasteiger partial charge in [-0.2, -0.15) is 5.10 Å². The molecule has 1 aliphatic rings. The predicted octanol–water partition coefficient (Wildman–Crippen LogP) is 2.01. The molecule has 1 amide bonds. The summed E-state index contributed by atoms with van der Waals surface area (Å²) in [5.74, 6) is 0.0304. The number of piperidine rings is 1. The molecule has 0 bridgehead atoms. The molecule has 8 nitrogen and oxygen atoms in total. The van der Waals surface area contributed by atoms with Crippen LogP contribution in [0.1, 0.15) is 40.4 Å². The maximum Gasteiger partial charge on any atom is 0.254 e. The second-order valence-electron chi connectivity index (χ2n) is 7.73. The molecule has 1 aromatic carbocycles. The minimum atomic E-state index is -0.140. The summed E-state index contributed by atoms with van der Waals surface area (Å²) in [5, 5.41) is 11.0. The first-order valence-electron chi connectivity index (χ1n) is 10.3. The maximum atomic E-state index is 12.5. The molecule has 0 aliphatic carbocycles. The number of hydrogen-bond acceptors (Lipinski definition) is 5. The van der Waals surface area contributed by atoms with E-state index < -0.39 is 0 Å². The van der Waals surface area contributed by atoms with Crippen molar-refractivity contribution in [2.45, 2.75) is 25.3 Å². The zero-order valence-corrected chi connectivity index (χ0v) is 17.1. The quantitative estimate of drug-likeness (QED) is 0.518. The van der Waals surface area contributed by atoms with Crippen LogP contribution in [-0.2, 0) is 11.3 Å². The number of aromatic amines is 2. The molecule has 30 heavy (non-hydrogen) atoms. The molecule has 8 heteroatoms. The lowest BCUT2D eigenvalue weighted by Gasteiger charge is -2.32. The summed E-state index contributed by atoms with van der Waals surface area (Å²) in [5.41, 5.74) is 3.01. The Hall–Kier alpha value is -2.97. The van der Waals surface area contributed by atoms with E-state index in [2.05, 4.69) is 25.4 Å². The predicted molar refractivity (Wildman–Crippen MR) is 115 cm³/mol. The van der Waals surface area contributed by atoms with Gasteiger partial charge in [0.05, 0.1) is 24.1 Å². The van der Waals surface area contributed by atoms with Gasteiger partial charge in [0.15, 0.2) is 0 Å². The number of para-hydroxylation sites is 1. The number of nitrogens with one attached hydrogen (secondary N) is 3. The molecule has 0 radical (unpaired) electrons. The minimum absolute atomic E-state index is 0.0458. The summed E-state index contributed by atoms with van der Waals surface area (Å²) in [6, 6.07) is 9.78. The van der Waals surface area contributed by atoms with Crippen molar-refractivity contribution in [2.75, 3.05) is 33.4 Å². The van der Waals surface area contributed by atoms with Gasteiger partial charge in [-0.15, -0.1) is 0 Å². The van der Waals surface area contributed by atoms with E-state index >= 15 is 0 Å². The van der Waals surface area contributed by atoms with E-state index in [9.17, 15) is 9.59 Å². The van der Waals surface area contributed by atoms with E-state index in [1.165, 1.54) is 0 Å². The Kier molecular flexibility index (Phi) is 6.25. The fourth-order valence-corrected chi connectivity index (χ4v) is 4.14. The van der Waals surface area contributed by atoms with Crippen LogP contribution >= 0.6 is 0 Å². The van der Waals surface area contributed by atoms with Crippen LogP contribution in [0.4, 0.5) is 0 Å². The van der Waals surface area contributed by atoms with Crippen LogP contribution in [-0.4, -0.2) is 59.3 Å². The van der Waals surface area contributed by atoms with E-state index in [1.54, 1.807) is 13.3 Å². The molecule has 0 spiro atoms. The summed E-state index contributed by atoms with van der Waals surface area (Å²) in [4.78, 5) is 30.3. The second kappa shape index (κ2) is 9.23.